The lowest BCUT2D eigenvalue weighted by atomic mass is 10.2. The van der Waals surface area contributed by atoms with E-state index in [0.717, 1.165) is 10.6 Å². The molecule has 0 saturated heterocycles. The van der Waals surface area contributed by atoms with Gasteiger partial charge in [-0.15, -0.1) is 11.3 Å². The van der Waals surface area contributed by atoms with Crippen molar-refractivity contribution in [3.63, 3.8) is 0 Å². The Kier molecular flexibility index (Phi) is 1.86. The average molecular weight is 193 g/mol. The van der Waals surface area contributed by atoms with Crippen molar-refractivity contribution in [1.29, 1.82) is 0 Å². The van der Waals surface area contributed by atoms with E-state index in [1.54, 1.807) is 18.3 Å². The fraction of sp³-hybridized carbons (Fsp3) is 0. The third-order valence-corrected chi connectivity index (χ3v) is 2.60. The number of nitrogens with one attached hydrogen (secondary N) is 1. The lowest BCUT2D eigenvalue weighted by Gasteiger charge is -1.93. The fourth-order valence-corrected chi connectivity index (χ4v) is 1.96. The first kappa shape index (κ1) is 8.00. The van der Waals surface area contributed by atoms with Gasteiger partial charge in [0.15, 0.2) is 0 Å². The maximum atomic E-state index is 11.0. The van der Waals surface area contributed by atoms with Crippen LogP contribution in [0.5, 0.6) is 0 Å². The number of aromatic amines is 1. The Hall–Kier alpha value is -1.62. The largest absolute Gasteiger partial charge is 0.366 e. The minimum atomic E-state index is -0.417. The van der Waals surface area contributed by atoms with Crippen molar-refractivity contribution in [1.82, 2.24) is 10.2 Å². The Balaban J connectivity index is 2.52. The van der Waals surface area contributed by atoms with Crippen LogP contribution in [-0.2, 0) is 0 Å². The van der Waals surface area contributed by atoms with Gasteiger partial charge in [0.2, 0.25) is 5.91 Å². The van der Waals surface area contributed by atoms with E-state index in [0.29, 0.717) is 5.56 Å². The van der Waals surface area contributed by atoms with E-state index in [4.69, 9.17) is 5.73 Å². The summed E-state index contributed by atoms with van der Waals surface area (Å²) in [5, 5.41) is 8.49. The summed E-state index contributed by atoms with van der Waals surface area (Å²) in [5.74, 6) is -0.417. The Labute approximate surface area is 78.4 Å². The number of thiophene rings is 1. The summed E-state index contributed by atoms with van der Waals surface area (Å²) in [5.41, 5.74) is 6.47. The Morgan fingerprint density at radius 1 is 1.54 bits per heavy atom. The molecule has 13 heavy (non-hydrogen) atoms. The first-order chi connectivity index (χ1) is 6.29. The van der Waals surface area contributed by atoms with E-state index < -0.39 is 5.91 Å². The molecule has 2 rings (SSSR count). The second kappa shape index (κ2) is 3.02. The van der Waals surface area contributed by atoms with Gasteiger partial charge in [-0.25, -0.2) is 0 Å². The van der Waals surface area contributed by atoms with Crippen LogP contribution in [0.3, 0.4) is 0 Å². The zero-order valence-corrected chi connectivity index (χ0v) is 7.47. The molecule has 0 fully saturated rings. The van der Waals surface area contributed by atoms with E-state index in [-0.39, 0.29) is 0 Å². The topological polar surface area (TPSA) is 71.8 Å². The molecular formula is C8H7N3OS. The molecule has 0 bridgehead atoms. The van der Waals surface area contributed by atoms with Crippen LogP contribution in [0, 0.1) is 0 Å². The molecule has 2 aromatic rings. The molecule has 0 aliphatic heterocycles. The Bertz CT molecular complexity index is 418. The fourth-order valence-electron chi connectivity index (χ4n) is 1.09. The third-order valence-electron chi connectivity index (χ3n) is 1.66. The highest BCUT2D eigenvalue weighted by molar-refractivity contribution is 7.14. The molecular weight excluding hydrogens is 186 g/mol. The van der Waals surface area contributed by atoms with Crippen molar-refractivity contribution in [2.75, 3.05) is 0 Å². The second-order valence-corrected chi connectivity index (χ2v) is 3.40. The predicted octanol–water partition coefficient (Wildman–Crippen LogP) is 1.24. The van der Waals surface area contributed by atoms with Gasteiger partial charge in [0.1, 0.15) is 5.69 Å². The van der Waals surface area contributed by atoms with E-state index in [1.807, 2.05) is 5.38 Å². The lowest BCUT2D eigenvalue weighted by molar-refractivity contribution is 0.100. The number of primary amides is 1. The van der Waals surface area contributed by atoms with Crippen LogP contribution >= 0.6 is 11.3 Å². The number of carbonyl (C=O) groups excluding carboxylic acids is 1. The molecule has 2 aromatic heterocycles. The number of aromatic nitrogens is 2. The van der Waals surface area contributed by atoms with Gasteiger partial charge in [0, 0.05) is 6.20 Å². The van der Waals surface area contributed by atoms with E-state index in [9.17, 15) is 4.79 Å². The number of rotatable bonds is 2. The summed E-state index contributed by atoms with van der Waals surface area (Å²) in [6.45, 7) is 0. The maximum absolute atomic E-state index is 11.0. The van der Waals surface area contributed by atoms with Gasteiger partial charge in [-0.2, -0.15) is 5.10 Å². The van der Waals surface area contributed by atoms with Crippen LogP contribution in [0.25, 0.3) is 10.6 Å². The van der Waals surface area contributed by atoms with Gasteiger partial charge >= 0.3 is 0 Å². The van der Waals surface area contributed by atoms with Crippen molar-refractivity contribution in [3.05, 3.63) is 29.3 Å². The zero-order valence-electron chi connectivity index (χ0n) is 6.65. The summed E-state index contributed by atoms with van der Waals surface area (Å²) in [4.78, 5) is 11.8. The minimum absolute atomic E-state index is 0.417. The minimum Gasteiger partial charge on any atom is -0.366 e. The standard InChI is InChI=1S/C8H7N3OS/c9-8(12)5-2-4-13-7(5)6-1-3-10-11-6/h1-4H,(H2,9,12)(H,10,11). The number of nitrogens with zero attached hydrogens (tertiary/aromatic N) is 1. The number of amides is 1. The second-order valence-electron chi connectivity index (χ2n) is 2.49. The SMILES string of the molecule is NC(=O)c1ccsc1-c1cc[nH]n1. The molecule has 3 N–H and O–H groups in total. The monoisotopic (exact) mass is 193 g/mol. The summed E-state index contributed by atoms with van der Waals surface area (Å²) < 4.78 is 0. The number of H-pyrrole nitrogens is 1. The zero-order chi connectivity index (χ0) is 9.26. The van der Waals surface area contributed by atoms with Crippen molar-refractivity contribution in [3.8, 4) is 10.6 Å². The third kappa shape index (κ3) is 1.33. The molecule has 66 valence electrons. The molecule has 2 heterocycles. The maximum Gasteiger partial charge on any atom is 0.250 e. The molecule has 5 heteroatoms. The van der Waals surface area contributed by atoms with Gasteiger partial charge in [0.05, 0.1) is 10.4 Å². The highest BCUT2D eigenvalue weighted by Crippen LogP contribution is 2.27. The average Bonchev–Trinajstić information content (AvgIpc) is 2.74. The molecule has 0 unspecified atom stereocenters. The van der Waals surface area contributed by atoms with Crippen molar-refractivity contribution < 1.29 is 4.79 Å². The smallest absolute Gasteiger partial charge is 0.250 e. The highest BCUT2D eigenvalue weighted by atomic mass is 32.1. The quantitative estimate of drug-likeness (QED) is 0.753. The van der Waals surface area contributed by atoms with Gasteiger partial charge in [-0.1, -0.05) is 0 Å². The first-order valence-electron chi connectivity index (χ1n) is 3.66. The molecule has 0 aliphatic carbocycles. The normalized spacial score (nSPS) is 10.2. The van der Waals surface area contributed by atoms with Crippen LogP contribution in [-0.4, -0.2) is 16.1 Å². The Morgan fingerprint density at radius 3 is 3.00 bits per heavy atom. The van der Waals surface area contributed by atoms with E-state index >= 15 is 0 Å². The summed E-state index contributed by atoms with van der Waals surface area (Å²) in [6.07, 6.45) is 1.71. The number of hydrogen-bond acceptors (Lipinski definition) is 3. The van der Waals surface area contributed by atoms with E-state index in [2.05, 4.69) is 10.2 Å². The van der Waals surface area contributed by atoms with Gasteiger partial charge in [-0.3, -0.25) is 9.89 Å². The Morgan fingerprint density at radius 2 is 2.38 bits per heavy atom. The molecule has 0 saturated carbocycles. The predicted molar refractivity (Wildman–Crippen MR) is 50.4 cm³/mol. The van der Waals surface area contributed by atoms with Gasteiger partial charge in [-0.05, 0) is 17.5 Å². The van der Waals surface area contributed by atoms with Crippen LogP contribution in [0.2, 0.25) is 0 Å². The number of carbonyl (C=O) groups is 1. The first-order valence-corrected chi connectivity index (χ1v) is 4.54. The van der Waals surface area contributed by atoms with Crippen molar-refractivity contribution in [2.24, 2.45) is 5.73 Å². The highest BCUT2D eigenvalue weighted by Gasteiger charge is 2.12. The summed E-state index contributed by atoms with van der Waals surface area (Å²) in [6, 6.07) is 3.51. The van der Waals surface area contributed by atoms with Crippen LogP contribution in [0.4, 0.5) is 0 Å². The molecule has 0 aliphatic rings. The van der Waals surface area contributed by atoms with Crippen molar-refractivity contribution >= 4 is 17.2 Å². The van der Waals surface area contributed by atoms with Crippen LogP contribution in [0.15, 0.2) is 23.7 Å². The number of nitrogens with two attached hydrogens (primary N) is 1. The molecule has 4 nitrogen and oxygen atoms in total. The molecule has 1 amide bonds. The van der Waals surface area contributed by atoms with Crippen molar-refractivity contribution in [2.45, 2.75) is 0 Å². The molecule has 0 atom stereocenters. The summed E-state index contributed by atoms with van der Waals surface area (Å²) in [7, 11) is 0. The summed E-state index contributed by atoms with van der Waals surface area (Å²) >= 11 is 1.45. The number of hydrogen-bond donors (Lipinski definition) is 2. The van der Waals surface area contributed by atoms with Gasteiger partial charge in [0.25, 0.3) is 0 Å². The van der Waals surface area contributed by atoms with Crippen LogP contribution < -0.4 is 5.73 Å². The molecule has 0 spiro atoms. The van der Waals surface area contributed by atoms with Crippen LogP contribution in [0.1, 0.15) is 10.4 Å². The molecule has 0 radical (unpaired) electrons. The van der Waals surface area contributed by atoms with Gasteiger partial charge < -0.3 is 5.73 Å². The van der Waals surface area contributed by atoms with E-state index in [1.165, 1.54) is 11.3 Å². The lowest BCUT2D eigenvalue weighted by Crippen LogP contribution is -2.10. The molecule has 0 aromatic carbocycles.